The number of nitrogens with zero attached hydrogens (tertiary/aromatic N) is 3. The lowest BCUT2D eigenvalue weighted by Crippen LogP contribution is -2.29. The van der Waals surface area contributed by atoms with Crippen molar-refractivity contribution in [2.24, 2.45) is 13.0 Å². The minimum Gasteiger partial charge on any atom is -0.337 e. The summed E-state index contributed by atoms with van der Waals surface area (Å²) in [6.45, 7) is 9.99. The van der Waals surface area contributed by atoms with Crippen LogP contribution >= 0.6 is 0 Å². The number of hydrogen-bond donors (Lipinski definition) is 0. The molecule has 0 spiro atoms. The average molecular weight is 209 g/mol. The van der Waals surface area contributed by atoms with Gasteiger partial charge in [0.05, 0.1) is 6.54 Å². The molecule has 0 saturated heterocycles. The van der Waals surface area contributed by atoms with Crippen LogP contribution in [0.15, 0.2) is 12.4 Å². The van der Waals surface area contributed by atoms with Gasteiger partial charge < -0.3 is 4.57 Å². The smallest absolute Gasteiger partial charge is 0.122 e. The molecule has 0 aliphatic heterocycles. The lowest BCUT2D eigenvalue weighted by molar-refractivity contribution is 0.231. The zero-order valence-corrected chi connectivity index (χ0v) is 10.4. The number of aryl methyl sites for hydroxylation is 1. The van der Waals surface area contributed by atoms with Gasteiger partial charge in [-0.15, -0.1) is 0 Å². The van der Waals surface area contributed by atoms with Gasteiger partial charge in [-0.1, -0.05) is 27.2 Å². The van der Waals surface area contributed by atoms with Crippen molar-refractivity contribution in [2.75, 3.05) is 13.1 Å². The molecule has 1 unspecified atom stereocenters. The molecular weight excluding hydrogens is 186 g/mol. The summed E-state index contributed by atoms with van der Waals surface area (Å²) in [5.74, 6) is 1.92. The number of hydrogen-bond acceptors (Lipinski definition) is 2. The quantitative estimate of drug-likeness (QED) is 0.716. The van der Waals surface area contributed by atoms with E-state index in [4.69, 9.17) is 0 Å². The van der Waals surface area contributed by atoms with E-state index in [9.17, 15) is 0 Å². The lowest BCUT2D eigenvalue weighted by Gasteiger charge is -2.23. The highest BCUT2D eigenvalue weighted by Gasteiger charge is 2.09. The first-order valence-electron chi connectivity index (χ1n) is 5.85. The van der Waals surface area contributed by atoms with E-state index >= 15 is 0 Å². The Kier molecular flexibility index (Phi) is 4.82. The Balaban J connectivity index is 2.50. The monoisotopic (exact) mass is 209 g/mol. The molecule has 1 aromatic heterocycles. The van der Waals surface area contributed by atoms with Gasteiger partial charge in [0.25, 0.3) is 0 Å². The standard InChI is InChI=1S/C12H23N3/c1-5-11(3)9-15(6-2)10-12-13-7-8-14(12)4/h7-8,11H,5-6,9-10H2,1-4H3. The zero-order valence-electron chi connectivity index (χ0n) is 10.4. The maximum Gasteiger partial charge on any atom is 0.122 e. The van der Waals surface area contributed by atoms with Gasteiger partial charge in [0.2, 0.25) is 0 Å². The van der Waals surface area contributed by atoms with Crippen LogP contribution in [-0.2, 0) is 13.6 Å². The van der Waals surface area contributed by atoms with Gasteiger partial charge in [0, 0.05) is 26.0 Å². The molecular formula is C12H23N3. The summed E-state index contributed by atoms with van der Waals surface area (Å²) in [5.41, 5.74) is 0. The third-order valence-corrected chi connectivity index (χ3v) is 3.00. The summed E-state index contributed by atoms with van der Waals surface area (Å²) >= 11 is 0. The summed E-state index contributed by atoms with van der Waals surface area (Å²) < 4.78 is 2.10. The molecule has 0 fully saturated rings. The highest BCUT2D eigenvalue weighted by Crippen LogP contribution is 2.07. The topological polar surface area (TPSA) is 21.1 Å². The largest absolute Gasteiger partial charge is 0.337 e. The molecule has 1 heterocycles. The van der Waals surface area contributed by atoms with Gasteiger partial charge in [0.15, 0.2) is 0 Å². The molecule has 15 heavy (non-hydrogen) atoms. The second-order valence-corrected chi connectivity index (χ2v) is 4.30. The van der Waals surface area contributed by atoms with E-state index in [0.717, 1.165) is 24.8 Å². The van der Waals surface area contributed by atoms with Crippen molar-refractivity contribution in [3.05, 3.63) is 18.2 Å². The second-order valence-electron chi connectivity index (χ2n) is 4.30. The van der Waals surface area contributed by atoms with Crippen molar-refractivity contribution >= 4 is 0 Å². The molecule has 0 radical (unpaired) electrons. The Bertz CT molecular complexity index is 280. The van der Waals surface area contributed by atoms with Crippen LogP contribution in [0.25, 0.3) is 0 Å². The molecule has 0 saturated carbocycles. The molecule has 1 atom stereocenters. The van der Waals surface area contributed by atoms with Gasteiger partial charge in [-0.3, -0.25) is 4.90 Å². The van der Waals surface area contributed by atoms with Crippen LogP contribution in [0, 0.1) is 5.92 Å². The minimum atomic E-state index is 0.769. The van der Waals surface area contributed by atoms with E-state index in [0.29, 0.717) is 0 Å². The predicted octanol–water partition coefficient (Wildman–Crippen LogP) is 2.29. The molecule has 1 aromatic rings. The zero-order chi connectivity index (χ0) is 11.3. The summed E-state index contributed by atoms with van der Waals surface area (Å²) in [7, 11) is 2.05. The molecule has 0 aliphatic rings. The van der Waals surface area contributed by atoms with Gasteiger partial charge in [-0.25, -0.2) is 4.98 Å². The van der Waals surface area contributed by atoms with Crippen molar-refractivity contribution in [3.63, 3.8) is 0 Å². The van der Waals surface area contributed by atoms with Crippen LogP contribution in [0.5, 0.6) is 0 Å². The Morgan fingerprint density at radius 3 is 2.67 bits per heavy atom. The maximum absolute atomic E-state index is 4.36. The maximum atomic E-state index is 4.36. The predicted molar refractivity (Wildman–Crippen MR) is 63.6 cm³/mol. The molecule has 3 heteroatoms. The fraction of sp³-hybridized carbons (Fsp3) is 0.750. The van der Waals surface area contributed by atoms with Crippen LogP contribution in [0.4, 0.5) is 0 Å². The van der Waals surface area contributed by atoms with Gasteiger partial charge in [-0.05, 0) is 12.5 Å². The fourth-order valence-corrected chi connectivity index (χ4v) is 1.62. The Labute approximate surface area is 93.1 Å². The summed E-state index contributed by atoms with van der Waals surface area (Å²) in [5, 5.41) is 0. The summed E-state index contributed by atoms with van der Waals surface area (Å²) in [4.78, 5) is 6.81. The van der Waals surface area contributed by atoms with E-state index < -0.39 is 0 Å². The van der Waals surface area contributed by atoms with E-state index in [1.807, 2.05) is 12.4 Å². The Morgan fingerprint density at radius 2 is 2.20 bits per heavy atom. The molecule has 0 amide bonds. The van der Waals surface area contributed by atoms with E-state index in [1.54, 1.807) is 0 Å². The first-order valence-corrected chi connectivity index (χ1v) is 5.85. The first-order chi connectivity index (χ1) is 7.17. The van der Waals surface area contributed by atoms with Crippen molar-refractivity contribution in [1.29, 1.82) is 0 Å². The lowest BCUT2D eigenvalue weighted by atomic mass is 10.1. The first kappa shape index (κ1) is 12.2. The highest BCUT2D eigenvalue weighted by atomic mass is 15.2. The molecule has 0 aromatic carbocycles. The Hall–Kier alpha value is -0.830. The number of aromatic nitrogens is 2. The van der Waals surface area contributed by atoms with Gasteiger partial charge >= 0.3 is 0 Å². The van der Waals surface area contributed by atoms with E-state index in [2.05, 4.69) is 42.3 Å². The van der Waals surface area contributed by atoms with Crippen molar-refractivity contribution < 1.29 is 0 Å². The second kappa shape index (κ2) is 5.91. The van der Waals surface area contributed by atoms with Gasteiger partial charge in [0.1, 0.15) is 5.82 Å². The molecule has 0 bridgehead atoms. The minimum absolute atomic E-state index is 0.769. The molecule has 3 nitrogen and oxygen atoms in total. The fourth-order valence-electron chi connectivity index (χ4n) is 1.62. The number of imidazole rings is 1. The van der Waals surface area contributed by atoms with Crippen LogP contribution in [-0.4, -0.2) is 27.5 Å². The third kappa shape index (κ3) is 3.67. The van der Waals surface area contributed by atoms with Crippen LogP contribution in [0.3, 0.4) is 0 Å². The number of rotatable bonds is 6. The van der Waals surface area contributed by atoms with Crippen LogP contribution < -0.4 is 0 Å². The van der Waals surface area contributed by atoms with Gasteiger partial charge in [-0.2, -0.15) is 0 Å². The normalized spacial score (nSPS) is 13.4. The van der Waals surface area contributed by atoms with E-state index in [1.165, 1.54) is 13.0 Å². The van der Waals surface area contributed by atoms with Crippen molar-refractivity contribution in [1.82, 2.24) is 14.5 Å². The third-order valence-electron chi connectivity index (χ3n) is 3.00. The SMILES string of the molecule is CCC(C)CN(CC)Cc1nccn1C. The highest BCUT2D eigenvalue weighted by molar-refractivity contribution is 4.90. The van der Waals surface area contributed by atoms with E-state index in [-0.39, 0.29) is 0 Å². The summed E-state index contributed by atoms with van der Waals surface area (Å²) in [6.07, 6.45) is 5.12. The van der Waals surface area contributed by atoms with Crippen LogP contribution in [0.2, 0.25) is 0 Å². The molecule has 86 valence electrons. The Morgan fingerprint density at radius 1 is 1.47 bits per heavy atom. The molecule has 1 rings (SSSR count). The van der Waals surface area contributed by atoms with Crippen molar-refractivity contribution in [3.8, 4) is 0 Å². The van der Waals surface area contributed by atoms with Crippen molar-refractivity contribution in [2.45, 2.75) is 33.7 Å². The molecule has 0 N–H and O–H groups in total. The average Bonchev–Trinajstić information content (AvgIpc) is 2.63. The summed E-state index contributed by atoms with van der Waals surface area (Å²) in [6, 6.07) is 0. The van der Waals surface area contributed by atoms with Crippen LogP contribution in [0.1, 0.15) is 33.0 Å². The molecule has 0 aliphatic carbocycles.